The molecule has 3 nitrogen and oxygen atoms in total. The summed E-state index contributed by atoms with van der Waals surface area (Å²) >= 11 is 0. The molecular weight excluding hydrogens is 655 g/mol. The van der Waals surface area contributed by atoms with Gasteiger partial charge in [-0.05, 0) is 132 Å². The van der Waals surface area contributed by atoms with Gasteiger partial charge in [0, 0.05) is 36.0 Å². The Kier molecular flexibility index (Phi) is 5.77. The third-order valence-corrected chi connectivity index (χ3v) is 12.4. The second-order valence-corrected chi connectivity index (χ2v) is 16.0. The first-order valence-corrected chi connectivity index (χ1v) is 18.9. The molecule has 0 aliphatic heterocycles. The number of para-hydroxylation sites is 1. The Balaban J connectivity index is 0.000000146. The molecule has 0 N–H and O–H groups in total. The summed E-state index contributed by atoms with van der Waals surface area (Å²) in [7, 11) is 3.92. The van der Waals surface area contributed by atoms with Gasteiger partial charge in [-0.15, -0.1) is 0 Å². The minimum Gasteiger partial charge on any atom is -0.304 e. The Morgan fingerprint density at radius 2 is 1.19 bits per heavy atom. The lowest BCUT2D eigenvalue weighted by molar-refractivity contribution is -0.660. The van der Waals surface area contributed by atoms with Crippen LogP contribution in [0.5, 0.6) is 0 Å². The molecule has 8 aromatic rings. The summed E-state index contributed by atoms with van der Waals surface area (Å²) in [6.07, 6.45) is 5.42. The minimum absolute atomic E-state index is 0.224. The van der Waals surface area contributed by atoms with Crippen molar-refractivity contribution in [2.24, 2.45) is 14.1 Å². The lowest BCUT2D eigenvalue weighted by Crippen LogP contribution is -2.32. The maximum absolute atomic E-state index is 8.00. The molecule has 0 amide bonds. The molecule has 0 saturated heterocycles. The van der Waals surface area contributed by atoms with Crippen LogP contribution in [0.2, 0.25) is 0 Å². The fourth-order valence-corrected chi connectivity index (χ4v) is 10.1. The first-order valence-electron chi connectivity index (χ1n) is 21.9. The molecule has 3 heteroatoms. The van der Waals surface area contributed by atoms with Gasteiger partial charge < -0.3 is 4.57 Å². The zero-order valence-electron chi connectivity index (χ0n) is 37.7. The molecule has 3 heterocycles. The van der Waals surface area contributed by atoms with Gasteiger partial charge in [0.2, 0.25) is 11.2 Å². The summed E-state index contributed by atoms with van der Waals surface area (Å²) in [5.41, 5.74) is 22.9. The average molecular weight is 708 g/mol. The van der Waals surface area contributed by atoms with Crippen LogP contribution >= 0.6 is 0 Å². The van der Waals surface area contributed by atoms with Gasteiger partial charge in [-0.3, -0.25) is 0 Å². The highest BCUT2D eigenvalue weighted by Crippen LogP contribution is 2.53. The van der Waals surface area contributed by atoms with E-state index in [-0.39, 0.29) is 5.41 Å². The predicted octanol–water partition coefficient (Wildman–Crippen LogP) is 10.8. The van der Waals surface area contributed by atoms with Crippen LogP contribution in [0.15, 0.2) is 116 Å². The summed E-state index contributed by atoms with van der Waals surface area (Å²) in [5, 5.41) is 1.18. The number of aryl methyl sites for hydroxylation is 5. The van der Waals surface area contributed by atoms with Gasteiger partial charge in [0.25, 0.3) is 0 Å². The molecular formula is C51H47N3+2. The lowest BCUT2D eigenvalue weighted by atomic mass is 9.80. The summed E-state index contributed by atoms with van der Waals surface area (Å²) in [6, 6.07) is 35.9. The second-order valence-electron chi connectivity index (χ2n) is 16.0. The van der Waals surface area contributed by atoms with Crippen molar-refractivity contribution in [3.05, 3.63) is 171 Å². The van der Waals surface area contributed by atoms with Crippen molar-refractivity contribution >= 4 is 21.9 Å². The van der Waals surface area contributed by atoms with E-state index in [0.29, 0.717) is 11.1 Å². The summed E-state index contributed by atoms with van der Waals surface area (Å²) < 4.78 is 53.8. The fraction of sp³-hybridized carbons (Fsp3) is 0.216. The molecule has 3 aromatic heterocycles. The van der Waals surface area contributed by atoms with E-state index in [9.17, 15) is 0 Å². The van der Waals surface area contributed by atoms with Gasteiger partial charge in [-0.2, -0.15) is 4.57 Å². The van der Waals surface area contributed by atoms with E-state index in [1.165, 1.54) is 72.1 Å². The SMILES string of the molecule is [2H]C([2H])([2H])c1cc2c([n+](C)c1)-c1c(cc3c(c1C)-c1ccccc1C3)C2(C)C.[2H]C([2H])([2H])c1cc2c(c3c(C)c4c(cc3n2-c2ccccc2)Cc2ccccc2-4)[n+](C)c1. The van der Waals surface area contributed by atoms with E-state index in [2.05, 4.69) is 105 Å². The van der Waals surface area contributed by atoms with Crippen molar-refractivity contribution in [3.63, 3.8) is 0 Å². The number of hydrogen-bond acceptors (Lipinski definition) is 0. The van der Waals surface area contributed by atoms with E-state index in [1.807, 2.05) is 53.6 Å². The van der Waals surface area contributed by atoms with E-state index in [4.69, 9.17) is 8.22 Å². The Bertz CT molecular complexity index is 3130. The lowest BCUT2D eigenvalue weighted by Gasteiger charge is -2.21. The number of pyridine rings is 2. The Hall–Kier alpha value is -5.80. The molecule has 0 atom stereocenters. The molecule has 0 unspecified atom stereocenters. The number of benzene rings is 5. The first-order chi connectivity index (χ1) is 28.4. The highest BCUT2D eigenvalue weighted by atomic mass is 15.0. The highest BCUT2D eigenvalue weighted by molar-refractivity contribution is 6.10. The van der Waals surface area contributed by atoms with Crippen LogP contribution in [0.25, 0.3) is 61.1 Å². The predicted molar refractivity (Wildman–Crippen MR) is 223 cm³/mol. The average Bonchev–Trinajstić information content (AvgIpc) is 3.92. The summed E-state index contributed by atoms with van der Waals surface area (Å²) in [6.45, 7) is 4.59. The monoisotopic (exact) mass is 707 g/mol. The van der Waals surface area contributed by atoms with Crippen LogP contribution in [-0.2, 0) is 32.4 Å². The largest absolute Gasteiger partial charge is 0.304 e. The van der Waals surface area contributed by atoms with Crippen molar-refractivity contribution in [2.75, 3.05) is 0 Å². The Morgan fingerprint density at radius 3 is 1.87 bits per heavy atom. The number of aromatic nitrogens is 3. The fourth-order valence-electron chi connectivity index (χ4n) is 10.1. The zero-order chi connectivity index (χ0) is 42.2. The van der Waals surface area contributed by atoms with Gasteiger partial charge in [0.1, 0.15) is 19.6 Å². The van der Waals surface area contributed by atoms with Crippen molar-refractivity contribution < 1.29 is 17.4 Å². The molecule has 11 rings (SSSR count). The zero-order valence-corrected chi connectivity index (χ0v) is 31.7. The molecule has 0 bridgehead atoms. The van der Waals surface area contributed by atoms with Gasteiger partial charge >= 0.3 is 0 Å². The molecule has 0 saturated carbocycles. The smallest absolute Gasteiger partial charge is 0.239 e. The Morgan fingerprint density at radius 1 is 0.593 bits per heavy atom. The minimum atomic E-state index is -2.17. The van der Waals surface area contributed by atoms with Crippen LogP contribution in [-0.4, -0.2) is 4.57 Å². The summed E-state index contributed by atoms with van der Waals surface area (Å²) in [5.74, 6) is 0. The molecule has 0 radical (unpaired) electrons. The van der Waals surface area contributed by atoms with Gasteiger partial charge in [-0.25, -0.2) is 4.57 Å². The summed E-state index contributed by atoms with van der Waals surface area (Å²) in [4.78, 5) is 0. The quantitative estimate of drug-likeness (QED) is 0.151. The molecule has 5 aromatic carbocycles. The number of hydrogen-bond donors (Lipinski definition) is 0. The maximum atomic E-state index is 8.00. The van der Waals surface area contributed by atoms with Gasteiger partial charge in [0.15, 0.2) is 12.4 Å². The van der Waals surface area contributed by atoms with Crippen molar-refractivity contribution in [1.82, 2.24) is 4.57 Å². The number of nitrogens with zero attached hydrogens (tertiary/aromatic N) is 3. The third kappa shape index (κ3) is 4.54. The second kappa shape index (κ2) is 11.6. The maximum Gasteiger partial charge on any atom is 0.239 e. The number of rotatable bonds is 1. The third-order valence-electron chi connectivity index (χ3n) is 12.4. The van der Waals surface area contributed by atoms with Crippen molar-refractivity contribution in [2.45, 2.75) is 59.7 Å². The van der Waals surface area contributed by atoms with Crippen LogP contribution < -0.4 is 9.13 Å². The van der Waals surface area contributed by atoms with Gasteiger partial charge in [-0.1, -0.05) is 86.6 Å². The van der Waals surface area contributed by atoms with Gasteiger partial charge in [0.05, 0.1) is 16.5 Å². The van der Waals surface area contributed by atoms with Crippen molar-refractivity contribution in [3.8, 4) is 39.2 Å². The van der Waals surface area contributed by atoms with Crippen molar-refractivity contribution in [1.29, 1.82) is 0 Å². The molecule has 264 valence electrons. The van der Waals surface area contributed by atoms with E-state index < -0.39 is 13.7 Å². The van der Waals surface area contributed by atoms with E-state index >= 15 is 0 Å². The topological polar surface area (TPSA) is 12.7 Å². The molecule has 54 heavy (non-hydrogen) atoms. The molecule has 0 fully saturated rings. The van der Waals surface area contributed by atoms with Crippen LogP contribution in [0.3, 0.4) is 0 Å². The van der Waals surface area contributed by atoms with E-state index in [1.54, 1.807) is 12.4 Å². The highest BCUT2D eigenvalue weighted by Gasteiger charge is 2.44. The normalized spacial score (nSPS) is 16.0. The first kappa shape index (κ1) is 26.9. The van der Waals surface area contributed by atoms with Crippen LogP contribution in [0.4, 0.5) is 0 Å². The molecule has 0 spiro atoms. The molecule has 3 aliphatic rings. The Labute approximate surface area is 327 Å². The number of fused-ring (bicyclic) bond motifs is 12. The van der Waals surface area contributed by atoms with Crippen LogP contribution in [0.1, 0.15) is 77.7 Å². The standard InChI is InChI=1S/C27H23N2.C24H24N/c1-17-13-24-27(28(3)16-17)26-18(2)25-20(14-19-9-7-8-12-22(19)25)15-23(26)29(24)21-10-5-4-6-11-21;1-14-10-20-23(25(5)13-14)22-15(2)21-17(12-19(22)24(20,3)4)11-16-8-6-7-9-18(16)21/h4-13,15-16H,14H2,1-3H3;6-10,12-13H,11H2,1-5H3/q2*+1/i2*1D3. The molecule has 3 aliphatic carbocycles. The van der Waals surface area contributed by atoms with E-state index in [0.717, 1.165) is 46.3 Å². The van der Waals surface area contributed by atoms with Crippen LogP contribution in [0, 0.1) is 27.6 Å².